The van der Waals surface area contributed by atoms with E-state index >= 15 is 0 Å². The van der Waals surface area contributed by atoms with E-state index in [9.17, 15) is 0 Å². The van der Waals surface area contributed by atoms with Crippen molar-refractivity contribution in [3.8, 4) is 0 Å². The van der Waals surface area contributed by atoms with Gasteiger partial charge in [-0.25, -0.2) is 0 Å². The van der Waals surface area contributed by atoms with E-state index in [0.29, 0.717) is 0 Å². The van der Waals surface area contributed by atoms with Crippen molar-refractivity contribution in [2.75, 3.05) is 31.5 Å². The summed E-state index contributed by atoms with van der Waals surface area (Å²) < 4.78 is 0. The molecule has 1 aromatic rings. The van der Waals surface area contributed by atoms with Crippen molar-refractivity contribution >= 4 is 5.69 Å². The number of anilines is 1. The number of hydrogen-bond acceptors (Lipinski definition) is 2. The standard InChI is InChI=1S/C16H26N2/c1-3-14-8-7-9-15(4-2)16(14)17-10-13-18-11-5-6-12-18/h7-9,17H,3-6,10-13H2,1-2H3. The summed E-state index contributed by atoms with van der Waals surface area (Å²) in [6.07, 6.45) is 4.98. The van der Waals surface area contributed by atoms with Gasteiger partial charge in [0, 0.05) is 18.8 Å². The molecule has 1 aliphatic rings. The summed E-state index contributed by atoms with van der Waals surface area (Å²) in [6, 6.07) is 6.68. The summed E-state index contributed by atoms with van der Waals surface area (Å²) in [6.45, 7) is 9.31. The van der Waals surface area contributed by atoms with Crippen LogP contribution < -0.4 is 5.32 Å². The molecule has 0 aliphatic carbocycles. The van der Waals surface area contributed by atoms with E-state index in [4.69, 9.17) is 0 Å². The zero-order valence-corrected chi connectivity index (χ0v) is 11.8. The fraction of sp³-hybridized carbons (Fsp3) is 0.625. The highest BCUT2D eigenvalue weighted by Crippen LogP contribution is 2.22. The van der Waals surface area contributed by atoms with Gasteiger partial charge in [-0.05, 0) is 49.9 Å². The number of hydrogen-bond donors (Lipinski definition) is 1. The van der Waals surface area contributed by atoms with Crippen LogP contribution in [0.2, 0.25) is 0 Å². The summed E-state index contributed by atoms with van der Waals surface area (Å²) in [5.74, 6) is 0. The van der Waals surface area contributed by atoms with Gasteiger partial charge in [0.2, 0.25) is 0 Å². The first-order chi connectivity index (χ1) is 8.85. The molecule has 0 saturated carbocycles. The molecule has 0 aromatic heterocycles. The second-order valence-electron chi connectivity index (χ2n) is 5.13. The summed E-state index contributed by atoms with van der Waals surface area (Å²) in [5.41, 5.74) is 4.30. The van der Waals surface area contributed by atoms with Crippen LogP contribution in [-0.4, -0.2) is 31.1 Å². The van der Waals surface area contributed by atoms with Crippen LogP contribution in [0.1, 0.15) is 37.8 Å². The highest BCUT2D eigenvalue weighted by molar-refractivity contribution is 5.57. The number of rotatable bonds is 6. The van der Waals surface area contributed by atoms with Gasteiger partial charge in [-0.15, -0.1) is 0 Å². The molecule has 0 radical (unpaired) electrons. The van der Waals surface area contributed by atoms with Crippen LogP contribution in [-0.2, 0) is 12.8 Å². The van der Waals surface area contributed by atoms with Gasteiger partial charge < -0.3 is 10.2 Å². The van der Waals surface area contributed by atoms with E-state index in [0.717, 1.165) is 19.4 Å². The monoisotopic (exact) mass is 246 g/mol. The predicted molar refractivity (Wildman–Crippen MR) is 79.4 cm³/mol. The number of para-hydroxylation sites is 1. The minimum atomic E-state index is 1.07. The fourth-order valence-electron chi connectivity index (χ4n) is 2.81. The Morgan fingerprint density at radius 2 is 1.67 bits per heavy atom. The second-order valence-corrected chi connectivity index (χ2v) is 5.13. The molecule has 2 heteroatoms. The number of aryl methyl sites for hydroxylation is 2. The van der Waals surface area contributed by atoms with Gasteiger partial charge in [-0.2, -0.15) is 0 Å². The van der Waals surface area contributed by atoms with Gasteiger partial charge in [-0.3, -0.25) is 0 Å². The molecule has 1 N–H and O–H groups in total. The van der Waals surface area contributed by atoms with E-state index in [1.807, 2.05) is 0 Å². The first kappa shape index (κ1) is 13.4. The number of benzene rings is 1. The van der Waals surface area contributed by atoms with E-state index < -0.39 is 0 Å². The molecule has 2 nitrogen and oxygen atoms in total. The molecule has 100 valence electrons. The molecule has 1 aliphatic heterocycles. The van der Waals surface area contributed by atoms with Gasteiger partial charge in [0.15, 0.2) is 0 Å². The quantitative estimate of drug-likeness (QED) is 0.828. The molecule has 0 amide bonds. The molecule has 0 atom stereocenters. The van der Waals surface area contributed by atoms with E-state index in [2.05, 4.69) is 42.3 Å². The fourth-order valence-corrected chi connectivity index (χ4v) is 2.81. The topological polar surface area (TPSA) is 15.3 Å². The average Bonchev–Trinajstić information content (AvgIpc) is 2.92. The number of nitrogens with one attached hydrogen (secondary N) is 1. The highest BCUT2D eigenvalue weighted by Gasteiger charge is 2.11. The van der Waals surface area contributed by atoms with Crippen molar-refractivity contribution in [1.29, 1.82) is 0 Å². The third-order valence-electron chi connectivity index (χ3n) is 3.93. The Hall–Kier alpha value is -1.02. The van der Waals surface area contributed by atoms with Gasteiger partial charge in [0.25, 0.3) is 0 Å². The largest absolute Gasteiger partial charge is 0.383 e. The molecule has 1 heterocycles. The molecule has 18 heavy (non-hydrogen) atoms. The third kappa shape index (κ3) is 3.26. The molecular weight excluding hydrogens is 220 g/mol. The summed E-state index contributed by atoms with van der Waals surface area (Å²) >= 11 is 0. The molecule has 0 spiro atoms. The van der Waals surface area contributed by atoms with Crippen molar-refractivity contribution in [3.05, 3.63) is 29.3 Å². The van der Waals surface area contributed by atoms with Gasteiger partial charge in [-0.1, -0.05) is 32.0 Å². The lowest BCUT2D eigenvalue weighted by Crippen LogP contribution is -2.26. The zero-order valence-electron chi connectivity index (χ0n) is 11.8. The van der Waals surface area contributed by atoms with Crippen LogP contribution >= 0.6 is 0 Å². The maximum Gasteiger partial charge on any atom is 0.0405 e. The van der Waals surface area contributed by atoms with E-state index in [-0.39, 0.29) is 0 Å². The molecule has 2 rings (SSSR count). The number of likely N-dealkylation sites (tertiary alicyclic amines) is 1. The molecule has 1 saturated heterocycles. The Bertz CT molecular complexity index is 345. The smallest absolute Gasteiger partial charge is 0.0405 e. The third-order valence-corrected chi connectivity index (χ3v) is 3.93. The lowest BCUT2D eigenvalue weighted by atomic mass is 10.0. The van der Waals surface area contributed by atoms with Gasteiger partial charge in [0.1, 0.15) is 0 Å². The minimum Gasteiger partial charge on any atom is -0.383 e. The van der Waals surface area contributed by atoms with Crippen LogP contribution in [0.5, 0.6) is 0 Å². The lowest BCUT2D eigenvalue weighted by molar-refractivity contribution is 0.352. The molecule has 0 unspecified atom stereocenters. The Morgan fingerprint density at radius 1 is 1.06 bits per heavy atom. The van der Waals surface area contributed by atoms with Crippen molar-refractivity contribution < 1.29 is 0 Å². The van der Waals surface area contributed by atoms with E-state index in [1.54, 1.807) is 0 Å². The van der Waals surface area contributed by atoms with Crippen LogP contribution in [0, 0.1) is 0 Å². The lowest BCUT2D eigenvalue weighted by Gasteiger charge is -2.19. The SMILES string of the molecule is CCc1cccc(CC)c1NCCN1CCCC1. The van der Waals surface area contributed by atoms with Crippen molar-refractivity contribution in [2.45, 2.75) is 39.5 Å². The highest BCUT2D eigenvalue weighted by atomic mass is 15.1. The summed E-state index contributed by atoms with van der Waals surface area (Å²) in [7, 11) is 0. The molecule has 1 aromatic carbocycles. The molecular formula is C16H26N2. The van der Waals surface area contributed by atoms with Crippen molar-refractivity contribution in [1.82, 2.24) is 4.90 Å². The Labute approximate surface area is 111 Å². The minimum absolute atomic E-state index is 1.07. The zero-order chi connectivity index (χ0) is 12.8. The van der Waals surface area contributed by atoms with Crippen LogP contribution in [0.3, 0.4) is 0 Å². The van der Waals surface area contributed by atoms with Crippen molar-refractivity contribution in [2.24, 2.45) is 0 Å². The Balaban J connectivity index is 1.94. The molecule has 1 fully saturated rings. The van der Waals surface area contributed by atoms with Crippen LogP contribution in [0.25, 0.3) is 0 Å². The average molecular weight is 246 g/mol. The van der Waals surface area contributed by atoms with Gasteiger partial charge in [0.05, 0.1) is 0 Å². The van der Waals surface area contributed by atoms with Crippen LogP contribution in [0.4, 0.5) is 5.69 Å². The maximum atomic E-state index is 3.67. The Kier molecular flexibility index (Phi) is 5.06. The predicted octanol–water partition coefficient (Wildman–Crippen LogP) is 3.32. The number of nitrogens with zero attached hydrogens (tertiary/aromatic N) is 1. The normalized spacial score (nSPS) is 16.1. The Morgan fingerprint density at radius 3 is 2.22 bits per heavy atom. The molecule has 0 bridgehead atoms. The second kappa shape index (κ2) is 6.79. The van der Waals surface area contributed by atoms with Crippen LogP contribution in [0.15, 0.2) is 18.2 Å². The summed E-state index contributed by atoms with van der Waals surface area (Å²) in [5, 5.41) is 3.67. The van der Waals surface area contributed by atoms with Gasteiger partial charge >= 0.3 is 0 Å². The summed E-state index contributed by atoms with van der Waals surface area (Å²) in [4.78, 5) is 2.56. The first-order valence-electron chi connectivity index (χ1n) is 7.42. The maximum absolute atomic E-state index is 3.67. The van der Waals surface area contributed by atoms with Crippen molar-refractivity contribution in [3.63, 3.8) is 0 Å². The van der Waals surface area contributed by atoms with E-state index in [1.165, 1.54) is 49.3 Å². The first-order valence-corrected chi connectivity index (χ1v) is 7.42.